The maximum Gasteiger partial charge on any atom is 0.119 e. The van der Waals surface area contributed by atoms with Crippen LogP contribution in [0.3, 0.4) is 0 Å². The number of ether oxygens (including phenoxy) is 2. The van der Waals surface area contributed by atoms with E-state index >= 15 is 0 Å². The Balaban J connectivity index is 1.72. The highest BCUT2D eigenvalue weighted by Gasteiger charge is 2.42. The topological polar surface area (TPSA) is 24.9 Å². The summed E-state index contributed by atoms with van der Waals surface area (Å²) in [4.78, 5) is 4.89. The summed E-state index contributed by atoms with van der Waals surface area (Å²) < 4.78 is 10.7. The molecule has 29 heavy (non-hydrogen) atoms. The number of benzene rings is 3. The Kier molecular flexibility index (Phi) is 5.10. The van der Waals surface area contributed by atoms with Crippen LogP contribution < -0.4 is 19.3 Å². The van der Waals surface area contributed by atoms with E-state index in [9.17, 15) is 0 Å². The zero-order valence-corrected chi connectivity index (χ0v) is 17.6. The largest absolute Gasteiger partial charge is 0.497 e. The Bertz CT molecular complexity index is 952. The van der Waals surface area contributed by atoms with Gasteiger partial charge in [-0.15, -0.1) is 0 Å². The standard InChI is InChI=1S/C25H28N2O2/c1-19-5-7-20(8-6-19)25(2)17-26(21-9-13-23(28-3)14-10-21)18-27(25)22-11-15-24(29-4)16-12-22/h5-16H,17-18H2,1-4H3. The lowest BCUT2D eigenvalue weighted by Gasteiger charge is -2.36. The van der Waals surface area contributed by atoms with Gasteiger partial charge >= 0.3 is 0 Å². The number of rotatable bonds is 5. The molecule has 0 bridgehead atoms. The minimum Gasteiger partial charge on any atom is -0.497 e. The third kappa shape index (κ3) is 3.63. The van der Waals surface area contributed by atoms with E-state index in [1.165, 1.54) is 22.5 Å². The summed E-state index contributed by atoms with van der Waals surface area (Å²) in [6.07, 6.45) is 0. The van der Waals surface area contributed by atoms with Crippen LogP contribution in [0.4, 0.5) is 11.4 Å². The molecule has 1 unspecified atom stereocenters. The lowest BCUT2D eigenvalue weighted by Crippen LogP contribution is -2.40. The summed E-state index contributed by atoms with van der Waals surface area (Å²) in [6.45, 7) is 6.16. The zero-order chi connectivity index (χ0) is 20.4. The van der Waals surface area contributed by atoms with Crippen LogP contribution in [-0.4, -0.2) is 27.4 Å². The molecular formula is C25H28N2O2. The van der Waals surface area contributed by atoms with Crippen LogP contribution >= 0.6 is 0 Å². The molecule has 1 fully saturated rings. The minimum atomic E-state index is -0.151. The highest BCUT2D eigenvalue weighted by molar-refractivity contribution is 5.61. The summed E-state index contributed by atoms with van der Waals surface area (Å²) >= 11 is 0. The Morgan fingerprint density at radius 3 is 1.76 bits per heavy atom. The van der Waals surface area contributed by atoms with Crippen molar-refractivity contribution >= 4 is 11.4 Å². The smallest absolute Gasteiger partial charge is 0.119 e. The van der Waals surface area contributed by atoms with Crippen molar-refractivity contribution in [1.82, 2.24) is 0 Å². The van der Waals surface area contributed by atoms with E-state index in [-0.39, 0.29) is 5.54 Å². The van der Waals surface area contributed by atoms with Gasteiger partial charge in [-0.2, -0.15) is 0 Å². The van der Waals surface area contributed by atoms with Gasteiger partial charge in [-0.05, 0) is 67.9 Å². The monoisotopic (exact) mass is 388 g/mol. The van der Waals surface area contributed by atoms with Crippen molar-refractivity contribution in [1.29, 1.82) is 0 Å². The number of hydrogen-bond donors (Lipinski definition) is 0. The van der Waals surface area contributed by atoms with Crippen molar-refractivity contribution in [2.75, 3.05) is 37.2 Å². The molecule has 1 saturated heterocycles. The predicted octanol–water partition coefficient (Wildman–Crippen LogP) is 5.21. The van der Waals surface area contributed by atoms with Gasteiger partial charge in [-0.25, -0.2) is 0 Å². The first kappa shape index (κ1) is 19.2. The summed E-state index contributed by atoms with van der Waals surface area (Å²) in [5.41, 5.74) is 4.82. The highest BCUT2D eigenvalue weighted by Crippen LogP contribution is 2.40. The number of anilines is 2. The summed E-state index contributed by atoms with van der Waals surface area (Å²) in [6, 6.07) is 25.5. The van der Waals surface area contributed by atoms with E-state index < -0.39 is 0 Å². The lowest BCUT2D eigenvalue weighted by molar-refractivity contribution is 0.414. The number of aryl methyl sites for hydroxylation is 1. The Hall–Kier alpha value is -3.14. The van der Waals surface area contributed by atoms with Gasteiger partial charge in [-0.3, -0.25) is 0 Å². The van der Waals surface area contributed by atoms with Crippen molar-refractivity contribution in [3.05, 3.63) is 83.9 Å². The van der Waals surface area contributed by atoms with Crippen LogP contribution in [-0.2, 0) is 5.54 Å². The molecule has 3 aromatic carbocycles. The molecule has 0 saturated carbocycles. The van der Waals surface area contributed by atoms with E-state index in [1.807, 2.05) is 24.3 Å². The molecule has 0 radical (unpaired) electrons. The van der Waals surface area contributed by atoms with Gasteiger partial charge in [0.2, 0.25) is 0 Å². The van der Waals surface area contributed by atoms with Crippen molar-refractivity contribution < 1.29 is 9.47 Å². The van der Waals surface area contributed by atoms with E-state index in [2.05, 4.69) is 72.2 Å². The molecule has 1 aliphatic heterocycles. The molecule has 0 amide bonds. The average molecular weight is 389 g/mol. The van der Waals surface area contributed by atoms with E-state index in [4.69, 9.17) is 9.47 Å². The first-order chi connectivity index (χ1) is 14.0. The number of hydrogen-bond acceptors (Lipinski definition) is 4. The highest BCUT2D eigenvalue weighted by atomic mass is 16.5. The maximum atomic E-state index is 5.35. The molecule has 0 aliphatic carbocycles. The summed E-state index contributed by atoms with van der Waals surface area (Å²) in [5.74, 6) is 1.75. The molecule has 4 nitrogen and oxygen atoms in total. The molecule has 0 aromatic heterocycles. The zero-order valence-electron chi connectivity index (χ0n) is 17.6. The quantitative estimate of drug-likeness (QED) is 0.599. The molecule has 0 N–H and O–H groups in total. The van der Waals surface area contributed by atoms with E-state index in [0.29, 0.717) is 0 Å². The Morgan fingerprint density at radius 2 is 1.24 bits per heavy atom. The van der Waals surface area contributed by atoms with Gasteiger partial charge in [0.05, 0.1) is 26.4 Å². The van der Waals surface area contributed by atoms with Crippen LogP contribution in [0.25, 0.3) is 0 Å². The average Bonchev–Trinajstić information content (AvgIpc) is 3.13. The van der Waals surface area contributed by atoms with Crippen LogP contribution in [0.1, 0.15) is 18.1 Å². The van der Waals surface area contributed by atoms with Crippen molar-refractivity contribution in [3.63, 3.8) is 0 Å². The number of methoxy groups -OCH3 is 2. The van der Waals surface area contributed by atoms with Crippen LogP contribution in [0, 0.1) is 6.92 Å². The molecular weight excluding hydrogens is 360 g/mol. The van der Waals surface area contributed by atoms with Gasteiger partial charge in [0.1, 0.15) is 11.5 Å². The second-order valence-corrected chi connectivity index (χ2v) is 7.80. The minimum absolute atomic E-state index is 0.151. The lowest BCUT2D eigenvalue weighted by atomic mass is 9.90. The Morgan fingerprint density at radius 1 is 0.724 bits per heavy atom. The van der Waals surface area contributed by atoms with Gasteiger partial charge in [0, 0.05) is 17.9 Å². The van der Waals surface area contributed by atoms with E-state index in [0.717, 1.165) is 24.7 Å². The van der Waals surface area contributed by atoms with Gasteiger partial charge in [-0.1, -0.05) is 29.8 Å². The second-order valence-electron chi connectivity index (χ2n) is 7.80. The molecule has 4 heteroatoms. The second kappa shape index (κ2) is 7.70. The molecule has 1 aliphatic rings. The Labute approximate surface area is 173 Å². The molecule has 150 valence electrons. The molecule has 0 spiro atoms. The fourth-order valence-corrected chi connectivity index (χ4v) is 4.09. The molecule has 4 rings (SSSR count). The first-order valence-corrected chi connectivity index (χ1v) is 9.91. The number of nitrogens with zero attached hydrogens (tertiary/aromatic N) is 2. The fourth-order valence-electron chi connectivity index (χ4n) is 4.09. The molecule has 1 heterocycles. The van der Waals surface area contributed by atoms with E-state index in [1.54, 1.807) is 14.2 Å². The predicted molar refractivity (Wildman–Crippen MR) is 119 cm³/mol. The summed E-state index contributed by atoms with van der Waals surface area (Å²) in [5, 5.41) is 0. The maximum absolute atomic E-state index is 5.35. The van der Waals surface area contributed by atoms with Gasteiger partial charge < -0.3 is 19.3 Å². The first-order valence-electron chi connectivity index (χ1n) is 9.91. The fraction of sp³-hybridized carbons (Fsp3) is 0.280. The third-order valence-electron chi connectivity index (χ3n) is 5.90. The van der Waals surface area contributed by atoms with Crippen LogP contribution in [0.2, 0.25) is 0 Å². The van der Waals surface area contributed by atoms with Crippen molar-refractivity contribution in [3.8, 4) is 11.5 Å². The summed E-state index contributed by atoms with van der Waals surface area (Å²) in [7, 11) is 3.40. The molecule has 3 aromatic rings. The van der Waals surface area contributed by atoms with Crippen LogP contribution in [0.15, 0.2) is 72.8 Å². The van der Waals surface area contributed by atoms with Gasteiger partial charge in [0.15, 0.2) is 0 Å². The van der Waals surface area contributed by atoms with Crippen molar-refractivity contribution in [2.45, 2.75) is 19.4 Å². The van der Waals surface area contributed by atoms with Crippen molar-refractivity contribution in [2.24, 2.45) is 0 Å². The normalized spacial score (nSPS) is 18.8. The SMILES string of the molecule is COc1ccc(N2CN(c3ccc(OC)cc3)C(C)(c3ccc(C)cc3)C2)cc1. The van der Waals surface area contributed by atoms with Gasteiger partial charge in [0.25, 0.3) is 0 Å². The molecule has 1 atom stereocenters. The third-order valence-corrected chi connectivity index (χ3v) is 5.90. The van der Waals surface area contributed by atoms with Crippen LogP contribution in [0.5, 0.6) is 11.5 Å².